The van der Waals surface area contributed by atoms with E-state index in [9.17, 15) is 0 Å². The zero-order valence-corrected chi connectivity index (χ0v) is 18.4. The van der Waals surface area contributed by atoms with E-state index < -0.39 is 0 Å². The molecular formula is C21H26ClN7. The molecule has 0 amide bonds. The fourth-order valence-corrected chi connectivity index (χ4v) is 2.77. The number of halogens is 1. The maximum atomic E-state index is 6.10. The highest BCUT2D eigenvalue weighted by Gasteiger charge is 2.12. The van der Waals surface area contributed by atoms with Crippen molar-refractivity contribution in [2.75, 3.05) is 42.3 Å². The summed E-state index contributed by atoms with van der Waals surface area (Å²) < 4.78 is 1.37. The summed E-state index contributed by atoms with van der Waals surface area (Å²) in [5.74, 6) is 0.454. The van der Waals surface area contributed by atoms with Gasteiger partial charge in [-0.25, -0.2) is 0 Å². The average molecular weight is 412 g/mol. The highest BCUT2D eigenvalue weighted by atomic mass is 35.5. The normalized spacial score (nSPS) is 12.0. The first-order valence-corrected chi connectivity index (χ1v) is 9.58. The van der Waals surface area contributed by atoms with Crippen molar-refractivity contribution >= 4 is 46.2 Å². The molecule has 0 radical (unpaired) electrons. The summed E-state index contributed by atoms with van der Waals surface area (Å²) in [5, 5.41) is 9.09. The van der Waals surface area contributed by atoms with Crippen LogP contribution in [-0.4, -0.2) is 57.2 Å². The molecule has 0 saturated carbocycles. The summed E-state index contributed by atoms with van der Waals surface area (Å²) in [6.07, 6.45) is 0. The Hall–Kier alpha value is -2.74. The van der Waals surface area contributed by atoms with E-state index in [1.54, 1.807) is 0 Å². The smallest absolute Gasteiger partial charge is 0.132 e. The molecule has 8 heteroatoms. The molecule has 0 unspecified atom stereocenters. The number of aromatic nitrogens is 3. The Kier molecular flexibility index (Phi) is 5.75. The predicted molar refractivity (Wildman–Crippen MR) is 122 cm³/mol. The quantitative estimate of drug-likeness (QED) is 0.496. The van der Waals surface area contributed by atoms with Crippen molar-refractivity contribution in [3.63, 3.8) is 0 Å². The Balaban J connectivity index is 1.84. The van der Waals surface area contributed by atoms with Gasteiger partial charge in [-0.05, 0) is 23.5 Å². The van der Waals surface area contributed by atoms with Crippen molar-refractivity contribution in [1.82, 2.24) is 23.9 Å². The van der Waals surface area contributed by atoms with Crippen LogP contribution >= 0.6 is 11.6 Å². The highest BCUT2D eigenvalue weighted by Crippen LogP contribution is 2.35. The number of hydrogen-bond donors (Lipinski definition) is 0. The van der Waals surface area contributed by atoms with Crippen LogP contribution in [0.5, 0.6) is 0 Å². The summed E-state index contributed by atoms with van der Waals surface area (Å²) in [4.78, 5) is 12.6. The molecular weight excluding hydrogens is 386 g/mol. The number of benzene rings is 2. The van der Waals surface area contributed by atoms with Crippen LogP contribution in [0.15, 0.2) is 48.5 Å². The van der Waals surface area contributed by atoms with E-state index in [0.717, 1.165) is 22.7 Å². The zero-order chi connectivity index (χ0) is 21.2. The molecule has 29 heavy (non-hydrogen) atoms. The second-order valence-electron chi connectivity index (χ2n) is 8.49. The van der Waals surface area contributed by atoms with Crippen LogP contribution in [0.2, 0.25) is 5.28 Å². The number of rotatable bonds is 6. The Bertz CT molecular complexity index is 929. The van der Waals surface area contributed by atoms with Crippen LogP contribution in [0.3, 0.4) is 0 Å². The van der Waals surface area contributed by atoms with Gasteiger partial charge >= 0.3 is 0 Å². The Labute approximate surface area is 177 Å². The van der Waals surface area contributed by atoms with Gasteiger partial charge in [0.2, 0.25) is 0 Å². The lowest BCUT2D eigenvalue weighted by Gasteiger charge is -2.25. The van der Waals surface area contributed by atoms with Crippen LogP contribution in [0.4, 0.5) is 34.6 Å². The van der Waals surface area contributed by atoms with Gasteiger partial charge in [0.15, 0.2) is 0 Å². The molecule has 3 aromatic rings. The highest BCUT2D eigenvalue weighted by molar-refractivity contribution is 6.28. The van der Waals surface area contributed by atoms with Crippen LogP contribution in [0, 0.1) is 0 Å². The fraction of sp³-hybridized carbons (Fsp3) is 0.286. The zero-order valence-electron chi connectivity index (χ0n) is 17.6. The molecule has 1 heterocycles. The molecule has 0 saturated heterocycles. The van der Waals surface area contributed by atoms with Gasteiger partial charge in [-0.15, -0.1) is 0 Å². The van der Waals surface area contributed by atoms with E-state index >= 15 is 0 Å². The summed E-state index contributed by atoms with van der Waals surface area (Å²) >= 11 is 6.10. The summed E-state index contributed by atoms with van der Waals surface area (Å²) in [7, 11) is 12.6. The predicted octanol–water partition coefficient (Wildman–Crippen LogP) is 5.59. The third-order valence-corrected chi connectivity index (χ3v) is 4.42. The third-order valence-electron chi connectivity index (χ3n) is 4.25. The van der Waals surface area contributed by atoms with Gasteiger partial charge in [-0.3, -0.25) is 8.97 Å². The van der Waals surface area contributed by atoms with Gasteiger partial charge < -0.3 is 25.6 Å². The molecule has 2 aromatic carbocycles. The lowest BCUT2D eigenvalue weighted by atomic mass is 10.2. The second-order valence-corrected chi connectivity index (χ2v) is 8.83. The van der Waals surface area contributed by atoms with Gasteiger partial charge in [0.1, 0.15) is 11.4 Å². The van der Waals surface area contributed by atoms with E-state index in [1.807, 2.05) is 36.4 Å². The first-order valence-electron chi connectivity index (χ1n) is 9.20. The largest absolute Gasteiger partial charge is 0.359 e. The van der Waals surface area contributed by atoms with Gasteiger partial charge in [-0.1, -0.05) is 35.9 Å². The molecule has 0 aliphatic heterocycles. The van der Waals surface area contributed by atoms with Crippen molar-refractivity contribution in [3.8, 4) is 0 Å². The molecule has 1 aromatic heterocycles. The van der Waals surface area contributed by atoms with Crippen molar-refractivity contribution in [3.05, 3.63) is 64.4 Å². The maximum absolute atomic E-state index is 6.10. The van der Waals surface area contributed by atoms with Crippen LogP contribution in [0.25, 0.3) is 10.6 Å². The summed E-state index contributed by atoms with van der Waals surface area (Å²) in [6.45, 7) is 0. The number of nitrogens with zero attached hydrogens (tertiary/aromatic N) is 7. The molecule has 0 spiro atoms. The standard InChI is InChI=1S/C21H26ClN7/c1-28(2,3)17-11-7-9-15(13-17)23-20-25-19(22)26-21(27-20)24-16-10-8-12-18(14-16)29(4,5)6/h7-14H,1-6H3. The molecule has 0 fully saturated rings. The average Bonchev–Trinajstić information content (AvgIpc) is 2.60. The van der Waals surface area contributed by atoms with Gasteiger partial charge in [-0.2, -0.15) is 0 Å². The van der Waals surface area contributed by atoms with Gasteiger partial charge in [0.25, 0.3) is 0 Å². The second kappa shape index (κ2) is 7.94. The van der Waals surface area contributed by atoms with Crippen molar-refractivity contribution in [1.29, 1.82) is 0 Å². The van der Waals surface area contributed by atoms with Crippen molar-refractivity contribution in [2.24, 2.45) is 0 Å². The summed E-state index contributed by atoms with van der Waals surface area (Å²) in [6, 6.07) is 15.8. The Morgan fingerprint density at radius 2 is 1.07 bits per heavy atom. The molecule has 0 atom stereocenters. The Morgan fingerprint density at radius 1 is 0.655 bits per heavy atom. The van der Waals surface area contributed by atoms with Gasteiger partial charge in [0.05, 0.1) is 47.6 Å². The molecule has 152 valence electrons. The topological polar surface area (TPSA) is 66.9 Å². The van der Waals surface area contributed by atoms with E-state index in [0.29, 0.717) is 8.97 Å². The fourth-order valence-electron chi connectivity index (χ4n) is 2.62. The molecule has 7 nitrogen and oxygen atoms in total. The molecule has 0 bridgehead atoms. The minimum absolute atomic E-state index is 0.0583. The molecule has 0 N–H and O–H groups in total. The Morgan fingerprint density at radius 3 is 1.45 bits per heavy atom. The van der Waals surface area contributed by atoms with Crippen LogP contribution in [0.1, 0.15) is 0 Å². The maximum Gasteiger partial charge on any atom is 0.132 e. The summed E-state index contributed by atoms with van der Waals surface area (Å²) in [5.41, 5.74) is 3.73. The SMILES string of the molecule is C[N+](C)(C)c1cccc([N-]c2nc(Cl)nc([N-]c3cccc([N+](C)(C)C)c3)n2)c1. The monoisotopic (exact) mass is 411 g/mol. The third kappa shape index (κ3) is 5.63. The molecule has 0 aliphatic rings. The first-order chi connectivity index (χ1) is 13.5. The van der Waals surface area contributed by atoms with Crippen LogP contribution < -0.4 is 8.97 Å². The number of quaternary nitrogens is 2. The minimum Gasteiger partial charge on any atom is -0.359 e. The lowest BCUT2D eigenvalue weighted by Crippen LogP contribution is -2.34. The van der Waals surface area contributed by atoms with Crippen molar-refractivity contribution in [2.45, 2.75) is 0 Å². The van der Waals surface area contributed by atoms with E-state index in [-0.39, 0.29) is 17.2 Å². The first kappa shape index (κ1) is 21.0. The van der Waals surface area contributed by atoms with Crippen LogP contribution in [-0.2, 0) is 0 Å². The van der Waals surface area contributed by atoms with E-state index in [4.69, 9.17) is 11.6 Å². The van der Waals surface area contributed by atoms with E-state index in [2.05, 4.69) is 80.0 Å². The number of hydrogen-bond acceptors (Lipinski definition) is 3. The van der Waals surface area contributed by atoms with E-state index in [1.165, 1.54) is 0 Å². The molecule has 0 aliphatic carbocycles. The van der Waals surface area contributed by atoms with Gasteiger partial charge in [0, 0.05) is 24.0 Å². The van der Waals surface area contributed by atoms with Crippen molar-refractivity contribution < 1.29 is 0 Å². The molecule has 3 rings (SSSR count). The minimum atomic E-state index is 0.0583. The lowest BCUT2D eigenvalue weighted by molar-refractivity contribution is 0.486.